The van der Waals surface area contributed by atoms with E-state index in [1.54, 1.807) is 12.4 Å². The SMILES string of the molecule is Cc1nn(CCC(=O)N2CCCC2c2nc(-c3cccnc3)cc(=O)[nH]2)c(C)c1C. The zero-order valence-electron chi connectivity index (χ0n) is 17.6. The van der Waals surface area contributed by atoms with Crippen molar-refractivity contribution in [3.63, 3.8) is 0 Å². The van der Waals surface area contributed by atoms with E-state index >= 15 is 0 Å². The average Bonchev–Trinajstić information content (AvgIpc) is 3.33. The van der Waals surface area contributed by atoms with Gasteiger partial charge in [-0.05, 0) is 51.3 Å². The Morgan fingerprint density at radius 3 is 2.83 bits per heavy atom. The van der Waals surface area contributed by atoms with Crippen molar-refractivity contribution < 1.29 is 4.79 Å². The van der Waals surface area contributed by atoms with Crippen LogP contribution in [0.5, 0.6) is 0 Å². The van der Waals surface area contributed by atoms with Gasteiger partial charge in [-0.3, -0.25) is 19.3 Å². The van der Waals surface area contributed by atoms with Crippen LogP contribution in [0.25, 0.3) is 11.3 Å². The summed E-state index contributed by atoms with van der Waals surface area (Å²) in [5, 5.41) is 4.52. The topological polar surface area (TPSA) is 96.8 Å². The van der Waals surface area contributed by atoms with Gasteiger partial charge >= 0.3 is 0 Å². The second kappa shape index (κ2) is 8.22. The summed E-state index contributed by atoms with van der Waals surface area (Å²) in [4.78, 5) is 38.7. The Hall–Kier alpha value is -3.29. The lowest BCUT2D eigenvalue weighted by atomic mass is 10.1. The minimum absolute atomic E-state index is 0.0529. The largest absolute Gasteiger partial charge is 0.332 e. The molecule has 3 aromatic rings. The van der Waals surface area contributed by atoms with Crippen molar-refractivity contribution in [2.24, 2.45) is 0 Å². The molecule has 1 saturated heterocycles. The highest BCUT2D eigenvalue weighted by Crippen LogP contribution is 2.31. The standard InChI is InChI=1S/C22H26N6O2/c1-14-15(2)26-28(16(14)3)11-8-21(30)27-10-5-7-19(27)22-24-18(12-20(29)25-22)17-6-4-9-23-13-17/h4,6,9,12-13,19H,5,7-8,10-11H2,1-3H3,(H,24,25,29). The molecule has 4 rings (SSSR count). The van der Waals surface area contributed by atoms with E-state index in [4.69, 9.17) is 0 Å². The van der Waals surface area contributed by atoms with E-state index in [1.807, 2.05) is 42.5 Å². The van der Waals surface area contributed by atoms with Crippen LogP contribution in [0.15, 0.2) is 35.4 Å². The van der Waals surface area contributed by atoms with Gasteiger partial charge in [-0.2, -0.15) is 5.10 Å². The number of carbonyl (C=O) groups excluding carboxylic acids is 1. The summed E-state index contributed by atoms with van der Waals surface area (Å²) < 4.78 is 1.90. The Balaban J connectivity index is 1.53. The number of rotatable bonds is 5. The molecule has 8 nitrogen and oxygen atoms in total. The van der Waals surface area contributed by atoms with Crippen molar-refractivity contribution in [3.8, 4) is 11.3 Å². The van der Waals surface area contributed by atoms with Gasteiger partial charge in [-0.15, -0.1) is 0 Å². The van der Waals surface area contributed by atoms with E-state index in [0.29, 0.717) is 31.0 Å². The first-order chi connectivity index (χ1) is 14.4. The Kier molecular flexibility index (Phi) is 5.48. The molecule has 1 N–H and O–H groups in total. The smallest absolute Gasteiger partial charge is 0.251 e. The summed E-state index contributed by atoms with van der Waals surface area (Å²) in [6, 6.07) is 4.92. The van der Waals surface area contributed by atoms with Gasteiger partial charge in [-0.1, -0.05) is 0 Å². The van der Waals surface area contributed by atoms with E-state index in [2.05, 4.69) is 20.1 Å². The van der Waals surface area contributed by atoms with Crippen LogP contribution in [0.2, 0.25) is 0 Å². The highest BCUT2D eigenvalue weighted by molar-refractivity contribution is 5.77. The van der Waals surface area contributed by atoms with Crippen LogP contribution in [-0.2, 0) is 11.3 Å². The van der Waals surface area contributed by atoms with E-state index in [9.17, 15) is 9.59 Å². The summed E-state index contributed by atoms with van der Waals surface area (Å²) in [6.45, 7) is 7.26. The van der Waals surface area contributed by atoms with E-state index in [0.717, 1.165) is 35.4 Å². The van der Waals surface area contributed by atoms with Crippen LogP contribution < -0.4 is 5.56 Å². The molecule has 0 aromatic carbocycles. The van der Waals surface area contributed by atoms with Gasteiger partial charge in [0, 0.05) is 49.2 Å². The molecule has 0 spiro atoms. The Morgan fingerprint density at radius 2 is 2.13 bits per heavy atom. The highest BCUT2D eigenvalue weighted by atomic mass is 16.2. The fourth-order valence-corrected chi connectivity index (χ4v) is 4.00. The number of nitrogens with one attached hydrogen (secondary N) is 1. The maximum Gasteiger partial charge on any atom is 0.251 e. The van der Waals surface area contributed by atoms with E-state index < -0.39 is 0 Å². The maximum absolute atomic E-state index is 13.0. The van der Waals surface area contributed by atoms with Gasteiger partial charge in [-0.25, -0.2) is 4.98 Å². The first kappa shape index (κ1) is 20.0. The van der Waals surface area contributed by atoms with Gasteiger partial charge < -0.3 is 9.88 Å². The number of hydrogen-bond donors (Lipinski definition) is 1. The highest BCUT2D eigenvalue weighted by Gasteiger charge is 2.31. The van der Waals surface area contributed by atoms with Crippen LogP contribution in [-0.4, -0.2) is 42.1 Å². The van der Waals surface area contributed by atoms with Gasteiger partial charge in [0.05, 0.1) is 17.4 Å². The third-order valence-electron chi connectivity index (χ3n) is 5.89. The predicted octanol–water partition coefficient (Wildman–Crippen LogP) is 2.71. The normalized spacial score (nSPS) is 16.2. The number of likely N-dealkylation sites (tertiary alicyclic amines) is 1. The molecular formula is C22H26N6O2. The monoisotopic (exact) mass is 406 g/mol. The molecule has 1 aliphatic rings. The van der Waals surface area contributed by atoms with Crippen molar-refractivity contribution in [3.05, 3.63) is 63.7 Å². The average molecular weight is 406 g/mol. The fourth-order valence-electron chi connectivity index (χ4n) is 4.00. The summed E-state index contributed by atoms with van der Waals surface area (Å²) in [5.41, 5.74) is 4.37. The molecular weight excluding hydrogens is 380 g/mol. The van der Waals surface area contributed by atoms with Crippen LogP contribution >= 0.6 is 0 Å². The van der Waals surface area contributed by atoms with E-state index in [1.165, 1.54) is 6.07 Å². The quantitative estimate of drug-likeness (QED) is 0.703. The molecule has 0 saturated carbocycles. The van der Waals surface area contributed by atoms with Gasteiger partial charge in [0.2, 0.25) is 5.91 Å². The number of amides is 1. The third-order valence-corrected chi connectivity index (χ3v) is 5.89. The molecule has 1 aliphatic heterocycles. The molecule has 0 bridgehead atoms. The Morgan fingerprint density at radius 1 is 1.30 bits per heavy atom. The lowest BCUT2D eigenvalue weighted by molar-refractivity contribution is -0.132. The molecule has 8 heteroatoms. The minimum Gasteiger partial charge on any atom is -0.332 e. The van der Waals surface area contributed by atoms with Crippen molar-refractivity contribution >= 4 is 5.91 Å². The van der Waals surface area contributed by atoms with Crippen molar-refractivity contribution in [2.75, 3.05) is 6.54 Å². The predicted molar refractivity (Wildman–Crippen MR) is 113 cm³/mol. The molecule has 1 atom stereocenters. The Bertz CT molecular complexity index is 1120. The van der Waals surface area contributed by atoms with Gasteiger partial charge in [0.25, 0.3) is 5.56 Å². The van der Waals surface area contributed by atoms with Crippen LogP contribution in [0.3, 0.4) is 0 Å². The minimum atomic E-state index is -0.226. The summed E-state index contributed by atoms with van der Waals surface area (Å²) in [5.74, 6) is 0.589. The second-order valence-electron chi connectivity index (χ2n) is 7.77. The summed E-state index contributed by atoms with van der Waals surface area (Å²) in [7, 11) is 0. The number of aromatic amines is 1. The lowest BCUT2D eigenvalue weighted by Gasteiger charge is -2.24. The molecule has 3 aromatic heterocycles. The van der Waals surface area contributed by atoms with Crippen molar-refractivity contribution in [2.45, 2.75) is 52.6 Å². The zero-order chi connectivity index (χ0) is 21.3. The first-order valence-corrected chi connectivity index (χ1v) is 10.3. The molecule has 0 radical (unpaired) electrons. The van der Waals surface area contributed by atoms with Crippen LogP contribution in [0.4, 0.5) is 0 Å². The number of aromatic nitrogens is 5. The van der Waals surface area contributed by atoms with Crippen molar-refractivity contribution in [1.82, 2.24) is 29.6 Å². The summed E-state index contributed by atoms with van der Waals surface area (Å²) in [6.07, 6.45) is 5.39. The maximum atomic E-state index is 13.0. The molecule has 156 valence electrons. The molecule has 0 aliphatic carbocycles. The van der Waals surface area contributed by atoms with Gasteiger partial charge in [0.15, 0.2) is 0 Å². The molecule has 1 fully saturated rings. The van der Waals surface area contributed by atoms with Crippen LogP contribution in [0, 0.1) is 20.8 Å². The molecule has 30 heavy (non-hydrogen) atoms. The molecule has 1 unspecified atom stereocenters. The Labute approximate surface area is 175 Å². The number of hydrogen-bond acceptors (Lipinski definition) is 5. The number of H-pyrrole nitrogens is 1. The number of nitrogens with zero attached hydrogens (tertiary/aromatic N) is 5. The molecule has 1 amide bonds. The zero-order valence-corrected chi connectivity index (χ0v) is 17.6. The number of carbonyl (C=O) groups is 1. The lowest BCUT2D eigenvalue weighted by Crippen LogP contribution is -2.33. The number of aryl methyl sites for hydroxylation is 2. The fraction of sp³-hybridized carbons (Fsp3) is 0.409. The third kappa shape index (κ3) is 3.90. The molecule has 4 heterocycles. The first-order valence-electron chi connectivity index (χ1n) is 10.3. The van der Waals surface area contributed by atoms with E-state index in [-0.39, 0.29) is 17.5 Å². The summed E-state index contributed by atoms with van der Waals surface area (Å²) >= 11 is 0. The van der Waals surface area contributed by atoms with Crippen molar-refractivity contribution in [1.29, 1.82) is 0 Å². The number of pyridine rings is 1. The van der Waals surface area contributed by atoms with Gasteiger partial charge in [0.1, 0.15) is 5.82 Å². The second-order valence-corrected chi connectivity index (χ2v) is 7.77. The van der Waals surface area contributed by atoms with Crippen LogP contribution in [0.1, 0.15) is 48.1 Å².